The number of imidazole rings is 1. The van der Waals surface area contributed by atoms with Crippen molar-refractivity contribution in [3.05, 3.63) is 51.7 Å². The van der Waals surface area contributed by atoms with Crippen LogP contribution in [0.15, 0.2) is 29.1 Å². The van der Waals surface area contributed by atoms with Crippen LogP contribution in [-0.4, -0.2) is 43.6 Å². The Morgan fingerprint density at radius 3 is 2.85 bits per heavy atom. The van der Waals surface area contributed by atoms with Crippen molar-refractivity contribution in [3.63, 3.8) is 0 Å². The molecule has 0 spiro atoms. The lowest BCUT2D eigenvalue weighted by molar-refractivity contribution is -0.131. The number of nitrogens with one attached hydrogen (secondary N) is 2. The van der Waals surface area contributed by atoms with E-state index >= 15 is 0 Å². The molecular weight excluding hydrogens is 330 g/mol. The van der Waals surface area contributed by atoms with E-state index in [-0.39, 0.29) is 23.8 Å². The number of carbonyl (C=O) groups is 1. The molecule has 1 aliphatic rings. The number of aryl methyl sites for hydroxylation is 2. The van der Waals surface area contributed by atoms with E-state index in [1.807, 2.05) is 30.1 Å². The fourth-order valence-electron chi connectivity index (χ4n) is 3.89. The number of fused-ring (bicyclic) bond motifs is 1. The second-order valence-corrected chi connectivity index (χ2v) is 7.06. The summed E-state index contributed by atoms with van der Waals surface area (Å²) < 4.78 is 2.13. The zero-order valence-electron chi connectivity index (χ0n) is 15.1. The van der Waals surface area contributed by atoms with E-state index in [1.165, 1.54) is 0 Å². The summed E-state index contributed by atoms with van der Waals surface area (Å²) in [4.78, 5) is 31.2. The van der Waals surface area contributed by atoms with E-state index in [2.05, 4.69) is 20.8 Å². The van der Waals surface area contributed by atoms with E-state index in [0.29, 0.717) is 12.1 Å². The van der Waals surface area contributed by atoms with Crippen LogP contribution in [0.5, 0.6) is 0 Å². The Bertz CT molecular complexity index is 1010. The number of piperidine rings is 1. The lowest BCUT2D eigenvalue weighted by Gasteiger charge is -2.32. The number of rotatable bonds is 3. The molecule has 1 amide bonds. The predicted molar refractivity (Wildman–Crippen MR) is 99.1 cm³/mol. The van der Waals surface area contributed by atoms with Crippen LogP contribution in [0.2, 0.25) is 0 Å². The van der Waals surface area contributed by atoms with Gasteiger partial charge in [0, 0.05) is 37.3 Å². The first-order valence-corrected chi connectivity index (χ1v) is 9.00. The predicted octanol–water partition coefficient (Wildman–Crippen LogP) is 1.85. The van der Waals surface area contributed by atoms with Crippen molar-refractivity contribution in [1.29, 1.82) is 0 Å². The summed E-state index contributed by atoms with van der Waals surface area (Å²) in [6.07, 6.45) is 2.10. The Hall–Kier alpha value is -2.83. The molecule has 1 saturated heterocycles. The molecule has 1 aromatic carbocycles. The van der Waals surface area contributed by atoms with E-state index in [0.717, 1.165) is 41.9 Å². The maximum absolute atomic E-state index is 12.7. The van der Waals surface area contributed by atoms with Gasteiger partial charge in [-0.1, -0.05) is 12.1 Å². The van der Waals surface area contributed by atoms with Gasteiger partial charge >= 0.3 is 0 Å². The average Bonchev–Trinajstić information content (AvgIpc) is 3.16. The van der Waals surface area contributed by atoms with Gasteiger partial charge in [0.1, 0.15) is 5.82 Å². The van der Waals surface area contributed by atoms with Crippen LogP contribution in [0.25, 0.3) is 11.0 Å². The fraction of sp³-hybridized carbons (Fsp3) is 0.421. The molecule has 0 bridgehead atoms. The topological polar surface area (TPSA) is 86.8 Å². The molecule has 26 heavy (non-hydrogen) atoms. The Morgan fingerprint density at radius 2 is 2.12 bits per heavy atom. The number of carbonyl (C=O) groups excluding carboxylic acids is 1. The molecule has 7 nitrogen and oxygen atoms in total. The van der Waals surface area contributed by atoms with Crippen molar-refractivity contribution in [2.24, 2.45) is 7.05 Å². The third-order valence-corrected chi connectivity index (χ3v) is 5.38. The maximum atomic E-state index is 12.7. The first-order chi connectivity index (χ1) is 12.5. The molecule has 3 heterocycles. The molecule has 4 rings (SSSR count). The first-order valence-electron chi connectivity index (χ1n) is 9.00. The van der Waals surface area contributed by atoms with Gasteiger partial charge in [-0.2, -0.15) is 0 Å². The minimum Gasteiger partial charge on any atom is -0.342 e. The number of likely N-dealkylation sites (tertiary alicyclic amines) is 1. The standard InChI is InChI=1S/C19H23N5O2/c1-12-14(19(26)22-21-12)10-17(25)24-9-5-6-13(11-24)18-20-15-7-3-4-8-16(15)23(18)2/h3-4,7-8,13H,5-6,9-11H2,1-2H3,(H2,21,22,26)/t13-/m0/s1. The van der Waals surface area contributed by atoms with Gasteiger partial charge in [0.2, 0.25) is 5.91 Å². The van der Waals surface area contributed by atoms with Crippen molar-refractivity contribution in [2.75, 3.05) is 13.1 Å². The minimum absolute atomic E-state index is 0.00154. The molecule has 1 aliphatic heterocycles. The zero-order chi connectivity index (χ0) is 18.3. The fourth-order valence-corrected chi connectivity index (χ4v) is 3.89. The monoisotopic (exact) mass is 353 g/mol. The van der Waals surface area contributed by atoms with E-state index in [1.54, 1.807) is 6.92 Å². The van der Waals surface area contributed by atoms with Crippen LogP contribution in [0, 0.1) is 6.92 Å². The average molecular weight is 353 g/mol. The molecule has 0 radical (unpaired) electrons. The summed E-state index contributed by atoms with van der Waals surface area (Å²) in [7, 11) is 2.04. The van der Waals surface area contributed by atoms with Gasteiger partial charge < -0.3 is 14.6 Å². The highest BCUT2D eigenvalue weighted by Gasteiger charge is 2.28. The van der Waals surface area contributed by atoms with Crippen molar-refractivity contribution < 1.29 is 4.79 Å². The molecule has 1 atom stereocenters. The molecule has 0 unspecified atom stereocenters. The van der Waals surface area contributed by atoms with Crippen molar-refractivity contribution in [3.8, 4) is 0 Å². The number of aromatic nitrogens is 4. The highest BCUT2D eigenvalue weighted by atomic mass is 16.2. The van der Waals surface area contributed by atoms with Gasteiger partial charge in [-0.05, 0) is 31.9 Å². The van der Waals surface area contributed by atoms with Crippen LogP contribution in [0.4, 0.5) is 0 Å². The zero-order valence-corrected chi connectivity index (χ0v) is 15.1. The van der Waals surface area contributed by atoms with Crippen LogP contribution < -0.4 is 5.56 Å². The highest BCUT2D eigenvalue weighted by molar-refractivity contribution is 5.79. The molecule has 2 aromatic heterocycles. The Balaban J connectivity index is 1.54. The Labute approximate surface area is 151 Å². The quantitative estimate of drug-likeness (QED) is 0.753. The molecule has 0 aliphatic carbocycles. The Morgan fingerprint density at radius 1 is 1.31 bits per heavy atom. The molecule has 2 N–H and O–H groups in total. The second-order valence-electron chi connectivity index (χ2n) is 7.06. The second kappa shape index (κ2) is 6.48. The summed E-state index contributed by atoms with van der Waals surface area (Å²) >= 11 is 0. The van der Waals surface area contributed by atoms with Crippen molar-refractivity contribution >= 4 is 16.9 Å². The molecule has 1 fully saturated rings. The summed E-state index contributed by atoms with van der Waals surface area (Å²) in [6.45, 7) is 3.19. The number of hydrogen-bond donors (Lipinski definition) is 2. The SMILES string of the molecule is Cc1[nH][nH]c(=O)c1CC(=O)N1CCC[C@H](c2nc3ccccc3n2C)C1. The largest absolute Gasteiger partial charge is 0.342 e. The lowest BCUT2D eigenvalue weighted by Crippen LogP contribution is -2.41. The van der Waals surface area contributed by atoms with Crippen LogP contribution in [0.3, 0.4) is 0 Å². The first kappa shape index (κ1) is 16.6. The van der Waals surface area contributed by atoms with E-state index in [4.69, 9.17) is 4.98 Å². The number of benzene rings is 1. The van der Waals surface area contributed by atoms with Gasteiger partial charge in [-0.3, -0.25) is 14.7 Å². The van der Waals surface area contributed by atoms with Crippen LogP contribution in [0.1, 0.15) is 35.8 Å². The minimum atomic E-state index is -0.209. The number of nitrogens with zero attached hydrogens (tertiary/aromatic N) is 3. The third kappa shape index (κ3) is 2.83. The van der Waals surface area contributed by atoms with Gasteiger partial charge in [-0.25, -0.2) is 4.98 Å². The van der Waals surface area contributed by atoms with Crippen molar-refractivity contribution in [2.45, 2.75) is 32.1 Å². The third-order valence-electron chi connectivity index (χ3n) is 5.38. The molecular formula is C19H23N5O2. The number of para-hydroxylation sites is 2. The number of amides is 1. The number of H-pyrrole nitrogens is 2. The summed E-state index contributed by atoms with van der Waals surface area (Å²) in [5, 5.41) is 5.32. The van der Waals surface area contributed by atoms with Crippen LogP contribution in [-0.2, 0) is 18.3 Å². The van der Waals surface area contributed by atoms with Gasteiger partial charge in [0.05, 0.1) is 17.5 Å². The van der Waals surface area contributed by atoms with Crippen LogP contribution >= 0.6 is 0 Å². The lowest BCUT2D eigenvalue weighted by atomic mass is 9.96. The van der Waals surface area contributed by atoms with Gasteiger partial charge in [0.25, 0.3) is 5.56 Å². The van der Waals surface area contributed by atoms with Crippen molar-refractivity contribution in [1.82, 2.24) is 24.6 Å². The van der Waals surface area contributed by atoms with Gasteiger partial charge in [0.15, 0.2) is 0 Å². The van der Waals surface area contributed by atoms with Gasteiger partial charge in [-0.15, -0.1) is 0 Å². The number of aromatic amines is 2. The molecule has 3 aromatic rings. The maximum Gasteiger partial charge on any atom is 0.267 e. The summed E-state index contributed by atoms with van der Waals surface area (Å²) in [5.74, 6) is 1.25. The molecule has 136 valence electrons. The van der Waals surface area contributed by atoms with E-state index < -0.39 is 0 Å². The normalized spacial score (nSPS) is 17.8. The van der Waals surface area contributed by atoms with E-state index in [9.17, 15) is 9.59 Å². The summed E-state index contributed by atoms with van der Waals surface area (Å²) in [5.41, 5.74) is 3.15. The Kier molecular flexibility index (Phi) is 4.14. The number of hydrogen-bond acceptors (Lipinski definition) is 3. The molecule has 7 heteroatoms. The highest BCUT2D eigenvalue weighted by Crippen LogP contribution is 2.28. The molecule has 0 saturated carbocycles. The summed E-state index contributed by atoms with van der Waals surface area (Å²) in [6, 6.07) is 8.10. The smallest absolute Gasteiger partial charge is 0.267 e.